The van der Waals surface area contributed by atoms with E-state index in [1.54, 1.807) is 17.0 Å². The van der Waals surface area contributed by atoms with E-state index in [1.165, 1.54) is 0 Å². The summed E-state index contributed by atoms with van der Waals surface area (Å²) in [6.07, 6.45) is 1.20. The summed E-state index contributed by atoms with van der Waals surface area (Å²) in [7, 11) is -1.32. The van der Waals surface area contributed by atoms with Crippen molar-refractivity contribution in [2.75, 3.05) is 13.1 Å². The minimum Gasteiger partial charge on any atom is -0.444 e. The van der Waals surface area contributed by atoms with Gasteiger partial charge < -0.3 is 9.64 Å². The van der Waals surface area contributed by atoms with Crippen LogP contribution in [0.25, 0.3) is 0 Å². The number of rotatable bonds is 2. The Kier molecular flexibility index (Phi) is 5.39. The number of aromatic nitrogens is 2. The zero-order chi connectivity index (χ0) is 16.3. The molecule has 6 nitrogen and oxygen atoms in total. The summed E-state index contributed by atoms with van der Waals surface area (Å²) in [5.74, 6) is 0. The Bertz CT molecular complexity index is 559. The van der Waals surface area contributed by atoms with Crippen molar-refractivity contribution in [1.82, 2.24) is 15.1 Å². The highest BCUT2D eigenvalue weighted by atomic mass is 35.5. The molecule has 1 aliphatic heterocycles. The van der Waals surface area contributed by atoms with Crippen molar-refractivity contribution in [3.8, 4) is 0 Å². The van der Waals surface area contributed by atoms with Crippen LogP contribution in [0.1, 0.15) is 33.6 Å². The van der Waals surface area contributed by atoms with Gasteiger partial charge in [0, 0.05) is 13.1 Å². The molecule has 1 aromatic rings. The van der Waals surface area contributed by atoms with Crippen molar-refractivity contribution < 1.29 is 13.7 Å². The van der Waals surface area contributed by atoms with Crippen LogP contribution in [-0.4, -0.2) is 49.3 Å². The van der Waals surface area contributed by atoms with Gasteiger partial charge in [-0.2, -0.15) is 0 Å². The lowest BCUT2D eigenvalue weighted by molar-refractivity contribution is 0.0219. The molecule has 1 saturated heterocycles. The van der Waals surface area contributed by atoms with Crippen molar-refractivity contribution in [2.45, 2.75) is 49.5 Å². The van der Waals surface area contributed by atoms with Gasteiger partial charge in [0.2, 0.25) is 0 Å². The van der Waals surface area contributed by atoms with E-state index < -0.39 is 16.4 Å². The highest BCUT2D eigenvalue weighted by Crippen LogP contribution is 2.21. The number of ether oxygens (including phenoxy) is 1. The fourth-order valence-corrected chi connectivity index (χ4v) is 3.65. The van der Waals surface area contributed by atoms with Crippen LogP contribution in [0.15, 0.2) is 17.2 Å². The van der Waals surface area contributed by atoms with E-state index in [2.05, 4.69) is 10.2 Å². The quantitative estimate of drug-likeness (QED) is 0.823. The molecule has 0 N–H and O–H groups in total. The van der Waals surface area contributed by atoms with Gasteiger partial charge in [0.05, 0.1) is 16.0 Å². The van der Waals surface area contributed by atoms with Crippen LogP contribution in [-0.2, 0) is 15.5 Å². The second-order valence-corrected chi connectivity index (χ2v) is 8.25. The number of hydrogen-bond donors (Lipinski definition) is 0. The zero-order valence-electron chi connectivity index (χ0n) is 12.9. The minimum absolute atomic E-state index is 0.170. The molecule has 0 unspecified atom stereocenters. The van der Waals surface area contributed by atoms with E-state index in [9.17, 15) is 9.00 Å². The number of amides is 1. The van der Waals surface area contributed by atoms with Crippen molar-refractivity contribution >= 4 is 28.5 Å². The summed E-state index contributed by atoms with van der Waals surface area (Å²) < 4.78 is 17.9. The van der Waals surface area contributed by atoms with Crippen LogP contribution < -0.4 is 0 Å². The van der Waals surface area contributed by atoms with Gasteiger partial charge in [0.25, 0.3) is 0 Å². The van der Waals surface area contributed by atoms with Crippen LogP contribution in [0.5, 0.6) is 0 Å². The summed E-state index contributed by atoms with van der Waals surface area (Å²) in [4.78, 5) is 13.7. The average Bonchev–Trinajstić information content (AvgIpc) is 2.46. The van der Waals surface area contributed by atoms with Gasteiger partial charge in [0.1, 0.15) is 10.6 Å². The molecule has 0 spiro atoms. The Hall–Kier alpha value is -1.21. The number of carbonyl (C=O) groups is 1. The Morgan fingerprint density at radius 2 is 2.14 bits per heavy atom. The molecular formula is C14H20ClN3O3S. The molecule has 8 heteroatoms. The maximum Gasteiger partial charge on any atom is 0.410 e. The molecule has 0 aromatic carbocycles. The number of likely N-dealkylation sites (tertiary alicyclic amines) is 1. The Labute approximate surface area is 137 Å². The third-order valence-electron chi connectivity index (χ3n) is 3.15. The highest BCUT2D eigenvalue weighted by Gasteiger charge is 2.31. The molecule has 1 aliphatic rings. The van der Waals surface area contributed by atoms with E-state index >= 15 is 0 Å². The molecule has 122 valence electrons. The van der Waals surface area contributed by atoms with Gasteiger partial charge in [-0.1, -0.05) is 11.6 Å². The van der Waals surface area contributed by atoms with Gasteiger partial charge >= 0.3 is 6.09 Å². The first-order valence-corrected chi connectivity index (χ1v) is 8.73. The molecule has 1 fully saturated rings. The normalized spacial score (nSPS) is 20.5. The predicted molar refractivity (Wildman–Crippen MR) is 84.3 cm³/mol. The lowest BCUT2D eigenvalue weighted by Gasteiger charge is -2.33. The Morgan fingerprint density at radius 3 is 2.73 bits per heavy atom. The molecule has 2 heterocycles. The van der Waals surface area contributed by atoms with Crippen molar-refractivity contribution in [3.63, 3.8) is 0 Å². The Balaban J connectivity index is 2.02. The average molecular weight is 346 g/mol. The first-order valence-electron chi connectivity index (χ1n) is 7.14. The predicted octanol–water partition coefficient (Wildman–Crippen LogP) is 2.64. The maximum atomic E-state index is 12.6. The van der Waals surface area contributed by atoms with Gasteiger partial charge in [-0.3, -0.25) is 4.21 Å². The molecule has 22 heavy (non-hydrogen) atoms. The number of nitrogens with zero attached hydrogens (tertiary/aromatic N) is 3. The molecule has 0 radical (unpaired) electrons. The van der Waals surface area contributed by atoms with Gasteiger partial charge in [-0.15, -0.1) is 10.2 Å². The lowest BCUT2D eigenvalue weighted by Crippen LogP contribution is -2.45. The lowest BCUT2D eigenvalue weighted by atomic mass is 10.1. The smallest absolute Gasteiger partial charge is 0.410 e. The zero-order valence-corrected chi connectivity index (χ0v) is 14.5. The molecule has 0 aliphatic carbocycles. The second kappa shape index (κ2) is 6.91. The van der Waals surface area contributed by atoms with Crippen LogP contribution >= 0.6 is 11.6 Å². The summed E-state index contributed by atoms with van der Waals surface area (Å²) in [6.45, 7) is 6.50. The summed E-state index contributed by atoms with van der Waals surface area (Å²) >= 11 is 5.69. The van der Waals surface area contributed by atoms with Crippen molar-refractivity contribution in [3.05, 3.63) is 17.3 Å². The second-order valence-electron chi connectivity index (χ2n) is 6.18. The van der Waals surface area contributed by atoms with Crippen LogP contribution in [0.4, 0.5) is 4.79 Å². The molecule has 1 aromatic heterocycles. The third kappa shape index (κ3) is 4.64. The first kappa shape index (κ1) is 17.1. The van der Waals surface area contributed by atoms with Gasteiger partial charge in [-0.05, 0) is 45.7 Å². The number of carbonyl (C=O) groups excluding carboxylic acids is 1. The molecule has 0 saturated carbocycles. The monoisotopic (exact) mass is 345 g/mol. The van der Waals surface area contributed by atoms with Gasteiger partial charge in [0.15, 0.2) is 5.15 Å². The van der Waals surface area contributed by atoms with Crippen LogP contribution in [0, 0.1) is 0 Å². The summed E-state index contributed by atoms with van der Waals surface area (Å²) in [6, 6.07) is 3.17. The molecular weight excluding hydrogens is 326 g/mol. The molecule has 0 bridgehead atoms. The van der Waals surface area contributed by atoms with Gasteiger partial charge in [-0.25, -0.2) is 4.79 Å². The molecule has 2 atom stereocenters. The standard InChI is InChI=1S/C14H20ClN3O3S/c1-14(2,3)21-13(19)18-8-4-5-10(9-18)22(20)12-7-6-11(15)16-17-12/h6-7,10H,4-5,8-9H2,1-3H3/t10-,22+/m1/s1. The topological polar surface area (TPSA) is 72.4 Å². The first-order chi connectivity index (χ1) is 10.3. The fraction of sp³-hybridized carbons (Fsp3) is 0.643. The van der Waals surface area contributed by atoms with Crippen LogP contribution in [0.2, 0.25) is 5.15 Å². The van der Waals surface area contributed by atoms with Crippen molar-refractivity contribution in [1.29, 1.82) is 0 Å². The number of halogens is 1. The number of hydrogen-bond acceptors (Lipinski definition) is 5. The fourth-order valence-electron chi connectivity index (χ4n) is 2.19. The summed E-state index contributed by atoms with van der Waals surface area (Å²) in [5.41, 5.74) is -0.537. The van der Waals surface area contributed by atoms with E-state index in [0.29, 0.717) is 18.1 Å². The highest BCUT2D eigenvalue weighted by molar-refractivity contribution is 7.85. The summed E-state index contributed by atoms with van der Waals surface area (Å²) in [5, 5.41) is 8.06. The maximum absolute atomic E-state index is 12.6. The molecule has 1 amide bonds. The largest absolute Gasteiger partial charge is 0.444 e. The van der Waals surface area contributed by atoms with E-state index in [0.717, 1.165) is 12.8 Å². The van der Waals surface area contributed by atoms with E-state index in [1.807, 2.05) is 20.8 Å². The molecule has 2 rings (SSSR count). The Morgan fingerprint density at radius 1 is 1.41 bits per heavy atom. The van der Waals surface area contributed by atoms with Crippen LogP contribution in [0.3, 0.4) is 0 Å². The third-order valence-corrected chi connectivity index (χ3v) is 4.97. The number of piperidine rings is 1. The van der Waals surface area contributed by atoms with E-state index in [-0.39, 0.29) is 16.5 Å². The minimum atomic E-state index is -1.32. The SMILES string of the molecule is CC(C)(C)OC(=O)N1CCC[C@@H]([S@](=O)c2ccc(Cl)nn2)C1. The van der Waals surface area contributed by atoms with Crippen molar-refractivity contribution in [2.24, 2.45) is 0 Å². The van der Waals surface area contributed by atoms with E-state index in [4.69, 9.17) is 16.3 Å².